The van der Waals surface area contributed by atoms with Gasteiger partial charge in [0.05, 0.1) is 28.7 Å². The van der Waals surface area contributed by atoms with Gasteiger partial charge in [0.2, 0.25) is 0 Å². The maximum absolute atomic E-state index is 14.1. The second-order valence-electron chi connectivity index (χ2n) is 9.80. The number of carbonyl (C=O) groups excluding carboxylic acids is 3. The van der Waals surface area contributed by atoms with Gasteiger partial charge in [-0.05, 0) is 62.1 Å². The lowest BCUT2D eigenvalue weighted by atomic mass is 10.0. The second-order valence-corrected chi connectivity index (χ2v) is 12.0. The van der Waals surface area contributed by atoms with Crippen LogP contribution in [-0.4, -0.2) is 65.5 Å². The topological polar surface area (TPSA) is 138 Å². The quantitative estimate of drug-likeness (QED) is 0.421. The van der Waals surface area contributed by atoms with Crippen molar-refractivity contribution in [3.05, 3.63) is 65.4 Å². The number of halogens is 1. The van der Waals surface area contributed by atoms with E-state index in [9.17, 15) is 22.8 Å². The Morgan fingerprint density at radius 1 is 1.15 bits per heavy atom. The molecule has 0 aliphatic carbocycles. The van der Waals surface area contributed by atoms with Crippen molar-refractivity contribution in [3.63, 3.8) is 0 Å². The molecule has 39 heavy (non-hydrogen) atoms. The molecule has 0 radical (unpaired) electrons. The lowest BCUT2D eigenvalue weighted by Gasteiger charge is -2.33. The normalized spacial score (nSPS) is 17.0. The van der Waals surface area contributed by atoms with Crippen molar-refractivity contribution in [3.8, 4) is 0 Å². The van der Waals surface area contributed by atoms with E-state index in [1.54, 1.807) is 24.3 Å². The minimum Gasteiger partial charge on any atom is -0.339 e. The van der Waals surface area contributed by atoms with Gasteiger partial charge in [0.1, 0.15) is 17.8 Å². The van der Waals surface area contributed by atoms with E-state index in [0.29, 0.717) is 28.3 Å². The van der Waals surface area contributed by atoms with E-state index in [4.69, 9.17) is 11.6 Å². The number of carbonyl (C=O) groups is 3. The van der Waals surface area contributed by atoms with Gasteiger partial charge in [-0.1, -0.05) is 43.6 Å². The number of nitrogens with one attached hydrogen (secondary N) is 2. The molecule has 4 rings (SSSR count). The van der Waals surface area contributed by atoms with Gasteiger partial charge in [-0.3, -0.25) is 19.4 Å². The molecule has 0 bridgehead atoms. The summed E-state index contributed by atoms with van der Waals surface area (Å²) in [5.41, 5.74) is 1.08. The van der Waals surface area contributed by atoms with Crippen LogP contribution in [0.5, 0.6) is 0 Å². The first kappa shape index (κ1) is 28.6. The second kappa shape index (κ2) is 12.2. The molecule has 1 aliphatic heterocycles. The van der Waals surface area contributed by atoms with E-state index in [0.717, 1.165) is 0 Å². The molecular weight excluding hydrogens is 542 g/mol. The molecule has 1 saturated heterocycles. The van der Waals surface area contributed by atoms with Crippen molar-refractivity contribution >= 4 is 50.3 Å². The smallest absolute Gasteiger partial charge is 0.272 e. The molecule has 2 heterocycles. The third-order valence-electron chi connectivity index (χ3n) is 6.35. The molecule has 206 valence electrons. The van der Waals surface area contributed by atoms with Crippen molar-refractivity contribution < 1.29 is 22.8 Å². The summed E-state index contributed by atoms with van der Waals surface area (Å²) in [7, 11) is -4.51. The number of hydrogen-bond donors (Lipinski definition) is 2. The summed E-state index contributed by atoms with van der Waals surface area (Å²) in [4.78, 5) is 48.8. The predicted octanol–water partition coefficient (Wildman–Crippen LogP) is 2.97. The molecule has 1 aliphatic rings. The number of benzene rings is 2. The van der Waals surface area contributed by atoms with Crippen LogP contribution in [0.25, 0.3) is 11.0 Å². The van der Waals surface area contributed by atoms with Crippen molar-refractivity contribution in [1.29, 1.82) is 0 Å². The Labute approximate surface area is 232 Å². The number of aromatic nitrogens is 2. The summed E-state index contributed by atoms with van der Waals surface area (Å²) in [6.45, 7) is 4.12. The van der Waals surface area contributed by atoms with Crippen molar-refractivity contribution in [2.24, 2.45) is 5.92 Å². The van der Waals surface area contributed by atoms with Crippen LogP contribution in [0.15, 0.2) is 59.6 Å². The zero-order chi connectivity index (χ0) is 28.2. The fraction of sp³-hybridized carbons (Fsp3) is 0.370. The van der Waals surface area contributed by atoms with Gasteiger partial charge in [0.15, 0.2) is 5.78 Å². The van der Waals surface area contributed by atoms with Gasteiger partial charge in [0.25, 0.3) is 21.8 Å². The number of nitrogens with zero attached hydrogens (tertiary/aromatic N) is 3. The molecule has 2 atom stereocenters. The maximum Gasteiger partial charge on any atom is 0.272 e. The number of sulfonamides is 1. The van der Waals surface area contributed by atoms with Gasteiger partial charge in [-0.15, -0.1) is 0 Å². The van der Waals surface area contributed by atoms with E-state index in [2.05, 4.69) is 20.6 Å². The van der Waals surface area contributed by atoms with E-state index in [-0.39, 0.29) is 40.9 Å². The summed E-state index contributed by atoms with van der Waals surface area (Å²) in [6, 6.07) is 10.1. The molecule has 12 heteroatoms. The minimum absolute atomic E-state index is 0.0192. The Hall–Kier alpha value is -3.41. The SMILES string of the molecule is CC(C)C[C@H](NC(=O)c1cnc2ccccc2n1)C(=O)N(C1CCCNCC1=O)S(=O)(=O)c1cccc(Cl)c1. The van der Waals surface area contributed by atoms with Crippen molar-refractivity contribution in [2.75, 3.05) is 13.1 Å². The number of para-hydroxylation sites is 2. The Balaban J connectivity index is 1.73. The van der Waals surface area contributed by atoms with Crippen LogP contribution in [-0.2, 0) is 19.6 Å². The molecular formula is C27H30ClN5O5S. The molecule has 2 N–H and O–H groups in total. The highest BCUT2D eigenvalue weighted by molar-refractivity contribution is 7.89. The van der Waals surface area contributed by atoms with Gasteiger partial charge < -0.3 is 10.6 Å². The van der Waals surface area contributed by atoms with Crippen LogP contribution < -0.4 is 10.6 Å². The molecule has 1 fully saturated rings. The fourth-order valence-electron chi connectivity index (χ4n) is 4.48. The molecule has 3 aromatic rings. The third-order valence-corrected chi connectivity index (χ3v) is 8.38. The molecule has 1 unspecified atom stereocenters. The predicted molar refractivity (Wildman–Crippen MR) is 147 cm³/mol. The standard InChI is InChI=1S/C27H30ClN5O5S/c1-17(2)13-22(32-26(35)23-15-30-20-9-3-4-10-21(20)31-23)27(36)33(24-11-6-12-29-16-25(24)34)39(37,38)19-8-5-7-18(28)14-19/h3-5,7-10,14-15,17,22,24,29H,6,11-13,16H2,1-2H3,(H,32,35)/t22-,24?/m0/s1. The van der Waals surface area contributed by atoms with E-state index >= 15 is 0 Å². The average Bonchev–Trinajstić information content (AvgIpc) is 3.11. The third kappa shape index (κ3) is 6.60. The van der Waals surface area contributed by atoms with Crippen LogP contribution in [0, 0.1) is 5.92 Å². The van der Waals surface area contributed by atoms with Crippen molar-refractivity contribution in [2.45, 2.75) is 50.1 Å². The van der Waals surface area contributed by atoms with Crippen LogP contribution in [0.1, 0.15) is 43.6 Å². The summed E-state index contributed by atoms with van der Waals surface area (Å²) >= 11 is 6.07. The number of rotatable bonds is 8. The Kier molecular flexibility index (Phi) is 8.94. The number of fused-ring (bicyclic) bond motifs is 1. The van der Waals surface area contributed by atoms with E-state index in [1.165, 1.54) is 30.5 Å². The van der Waals surface area contributed by atoms with E-state index < -0.39 is 39.7 Å². The van der Waals surface area contributed by atoms with Crippen molar-refractivity contribution in [1.82, 2.24) is 24.9 Å². The van der Waals surface area contributed by atoms with Gasteiger partial charge in [-0.2, -0.15) is 0 Å². The molecule has 10 nitrogen and oxygen atoms in total. The highest BCUT2D eigenvalue weighted by Gasteiger charge is 2.43. The highest BCUT2D eigenvalue weighted by Crippen LogP contribution is 2.26. The lowest BCUT2D eigenvalue weighted by Crippen LogP contribution is -2.56. The average molecular weight is 572 g/mol. The van der Waals surface area contributed by atoms with Gasteiger partial charge in [-0.25, -0.2) is 17.7 Å². The lowest BCUT2D eigenvalue weighted by molar-refractivity contribution is -0.135. The summed E-state index contributed by atoms with van der Waals surface area (Å²) < 4.78 is 28.5. The first-order valence-corrected chi connectivity index (χ1v) is 14.5. The first-order chi connectivity index (χ1) is 18.6. The molecule has 0 saturated carbocycles. The van der Waals surface area contributed by atoms with Crippen LogP contribution in [0.4, 0.5) is 0 Å². The number of Topliss-reactive ketones (excluding diaryl/α,β-unsaturated/α-hetero) is 1. The molecule has 0 spiro atoms. The highest BCUT2D eigenvalue weighted by atomic mass is 35.5. The Morgan fingerprint density at radius 2 is 1.90 bits per heavy atom. The minimum atomic E-state index is -4.51. The number of hydrogen-bond acceptors (Lipinski definition) is 8. The Bertz CT molecular complexity index is 1500. The summed E-state index contributed by atoms with van der Waals surface area (Å²) in [5.74, 6) is -2.10. The first-order valence-electron chi connectivity index (χ1n) is 12.7. The summed E-state index contributed by atoms with van der Waals surface area (Å²) in [6.07, 6.45) is 2.07. The monoisotopic (exact) mass is 571 g/mol. The van der Waals surface area contributed by atoms with E-state index in [1.807, 2.05) is 13.8 Å². The molecule has 2 amide bonds. The molecule has 1 aromatic heterocycles. The maximum atomic E-state index is 14.1. The van der Waals surface area contributed by atoms with Crippen LogP contribution in [0.3, 0.4) is 0 Å². The number of amides is 2. The largest absolute Gasteiger partial charge is 0.339 e. The van der Waals surface area contributed by atoms with Crippen LogP contribution >= 0.6 is 11.6 Å². The van der Waals surface area contributed by atoms with Crippen LogP contribution in [0.2, 0.25) is 5.02 Å². The number of ketones is 1. The fourth-order valence-corrected chi connectivity index (χ4v) is 6.42. The Morgan fingerprint density at radius 3 is 2.62 bits per heavy atom. The summed E-state index contributed by atoms with van der Waals surface area (Å²) in [5, 5.41) is 5.79. The molecule has 2 aromatic carbocycles. The van der Waals surface area contributed by atoms with Gasteiger partial charge >= 0.3 is 0 Å². The van der Waals surface area contributed by atoms with Gasteiger partial charge in [0, 0.05) is 5.02 Å². The zero-order valence-electron chi connectivity index (χ0n) is 21.6. The zero-order valence-corrected chi connectivity index (χ0v) is 23.2.